The van der Waals surface area contributed by atoms with Crippen LogP contribution in [0.2, 0.25) is 10.0 Å². The van der Waals surface area contributed by atoms with E-state index in [0.29, 0.717) is 22.4 Å². The van der Waals surface area contributed by atoms with Gasteiger partial charge in [0.05, 0.1) is 23.6 Å². The Labute approximate surface area is 228 Å². The Kier molecular flexibility index (Phi) is 9.65. The Bertz CT molecular complexity index is 1400. The van der Waals surface area contributed by atoms with Gasteiger partial charge < -0.3 is 13.9 Å². The van der Waals surface area contributed by atoms with Crippen molar-refractivity contribution in [3.05, 3.63) is 76.1 Å². The van der Waals surface area contributed by atoms with Crippen LogP contribution in [0.5, 0.6) is 11.5 Å². The van der Waals surface area contributed by atoms with E-state index in [4.69, 9.17) is 37.1 Å². The second-order valence-electron chi connectivity index (χ2n) is 7.81. The quantitative estimate of drug-likeness (QED) is 0.0912. The van der Waals surface area contributed by atoms with Crippen molar-refractivity contribution in [1.82, 2.24) is 15.6 Å². The lowest BCUT2D eigenvalue weighted by Gasteiger charge is -2.10. The smallest absolute Gasteiger partial charge is 0.277 e. The lowest BCUT2D eigenvalue weighted by Crippen LogP contribution is -2.19. The maximum Gasteiger partial charge on any atom is 0.277 e. The largest absolute Gasteiger partial charge is 0.493 e. The molecule has 1 heterocycles. The summed E-state index contributed by atoms with van der Waals surface area (Å²) in [4.78, 5) is 12.2. The molecule has 0 radical (unpaired) electrons. The number of carbonyl (C=O) groups excluding carboxylic acids is 1. The first-order valence-electron chi connectivity index (χ1n) is 11.5. The predicted octanol–water partition coefficient (Wildman–Crippen LogP) is 6.53. The fourth-order valence-corrected chi connectivity index (χ4v) is 4.32. The first-order chi connectivity index (χ1) is 18.0. The van der Waals surface area contributed by atoms with Gasteiger partial charge in [-0.1, -0.05) is 72.6 Å². The zero-order valence-electron chi connectivity index (χ0n) is 19.9. The number of nitrogens with zero attached hydrogens (tertiary/aromatic N) is 3. The molecule has 1 N–H and O–H groups in total. The fraction of sp³-hybridized carbons (Fsp3) is 0.231. The summed E-state index contributed by atoms with van der Waals surface area (Å²) >= 11 is 13.1. The number of hydrogen-bond donors (Lipinski definition) is 1. The van der Waals surface area contributed by atoms with Gasteiger partial charge in [0, 0.05) is 16.0 Å². The van der Waals surface area contributed by atoms with E-state index in [1.165, 1.54) is 0 Å². The average Bonchev–Trinajstić information content (AvgIpc) is 3.36. The summed E-state index contributed by atoms with van der Waals surface area (Å²) in [6.45, 7) is 2.83. The number of halogens is 2. The molecule has 3 aromatic carbocycles. The lowest BCUT2D eigenvalue weighted by molar-refractivity contribution is -0.118. The predicted molar refractivity (Wildman–Crippen MR) is 146 cm³/mol. The number of ether oxygens (including phenoxy) is 2. The summed E-state index contributed by atoms with van der Waals surface area (Å²) in [5.41, 5.74) is 3.39. The number of amides is 1. The number of hydrazone groups is 1. The van der Waals surface area contributed by atoms with E-state index in [2.05, 4.69) is 27.6 Å². The van der Waals surface area contributed by atoms with Crippen molar-refractivity contribution in [2.24, 2.45) is 5.10 Å². The molecule has 4 aromatic rings. The van der Waals surface area contributed by atoms with Gasteiger partial charge in [-0.15, -0.1) is 10.2 Å². The Hall–Kier alpha value is -3.27. The van der Waals surface area contributed by atoms with Gasteiger partial charge in [-0.2, -0.15) is 5.10 Å². The van der Waals surface area contributed by atoms with Gasteiger partial charge in [-0.3, -0.25) is 4.79 Å². The van der Waals surface area contributed by atoms with Crippen molar-refractivity contribution in [2.75, 3.05) is 12.4 Å². The van der Waals surface area contributed by atoms with E-state index in [1.807, 2.05) is 36.4 Å². The molecule has 0 unspecified atom stereocenters. The molecule has 0 aliphatic carbocycles. The van der Waals surface area contributed by atoms with Crippen molar-refractivity contribution in [1.29, 1.82) is 0 Å². The van der Waals surface area contributed by atoms with E-state index in [0.717, 1.165) is 46.7 Å². The maximum absolute atomic E-state index is 12.2. The normalized spacial score (nSPS) is 11.2. The van der Waals surface area contributed by atoms with Crippen LogP contribution in [0.3, 0.4) is 0 Å². The fourth-order valence-electron chi connectivity index (χ4n) is 3.28. The first kappa shape index (κ1) is 26.8. The summed E-state index contributed by atoms with van der Waals surface area (Å²) in [6.07, 6.45) is 3.69. The minimum Gasteiger partial charge on any atom is -0.493 e. The molecule has 4 rings (SSSR count). The number of unbranched alkanes of at least 4 members (excludes halogenated alkanes) is 1. The molecular formula is C26H24Cl2N4O4S. The highest BCUT2D eigenvalue weighted by Gasteiger charge is 2.11. The van der Waals surface area contributed by atoms with Crippen LogP contribution in [-0.2, 0) is 11.4 Å². The van der Waals surface area contributed by atoms with E-state index in [-0.39, 0.29) is 29.4 Å². The number of benzene rings is 3. The van der Waals surface area contributed by atoms with Crippen molar-refractivity contribution in [3.63, 3.8) is 0 Å². The molecule has 8 nitrogen and oxygen atoms in total. The molecule has 1 aromatic heterocycles. The van der Waals surface area contributed by atoms with Gasteiger partial charge in [0.1, 0.15) is 11.5 Å². The minimum atomic E-state index is -0.311. The first-order valence-corrected chi connectivity index (χ1v) is 13.3. The molecule has 1 amide bonds. The van der Waals surface area contributed by atoms with E-state index in [1.54, 1.807) is 24.4 Å². The van der Waals surface area contributed by atoms with Gasteiger partial charge in [0.2, 0.25) is 0 Å². The Balaban J connectivity index is 1.27. The van der Waals surface area contributed by atoms with E-state index < -0.39 is 0 Å². The number of nitrogens with one attached hydrogen (secondary N) is 1. The van der Waals surface area contributed by atoms with E-state index >= 15 is 0 Å². The third kappa shape index (κ3) is 7.61. The Morgan fingerprint density at radius 1 is 1.08 bits per heavy atom. The maximum atomic E-state index is 12.2. The third-order valence-electron chi connectivity index (χ3n) is 5.09. The van der Waals surface area contributed by atoms with Crippen LogP contribution < -0.4 is 14.9 Å². The Morgan fingerprint density at radius 3 is 2.70 bits per heavy atom. The molecule has 0 atom stereocenters. The van der Waals surface area contributed by atoms with Gasteiger partial charge in [-0.25, -0.2) is 5.43 Å². The number of fused-ring (bicyclic) bond motifs is 1. The second kappa shape index (κ2) is 13.3. The van der Waals surface area contributed by atoms with Crippen LogP contribution in [-0.4, -0.2) is 34.7 Å². The molecular weight excluding hydrogens is 535 g/mol. The SMILES string of the molecule is CCCCOc1ccc(/C=N\NC(=O)CSc2nnc(COc3ccc(Cl)cc3Cl)o2)c2ccccc12. The number of hydrogen-bond acceptors (Lipinski definition) is 8. The van der Waals surface area contributed by atoms with Crippen LogP contribution >= 0.6 is 35.0 Å². The van der Waals surface area contributed by atoms with Crippen molar-refractivity contribution in [2.45, 2.75) is 31.6 Å². The summed E-state index contributed by atoms with van der Waals surface area (Å²) in [5, 5.41) is 15.1. The van der Waals surface area contributed by atoms with Gasteiger partial charge >= 0.3 is 0 Å². The second-order valence-corrected chi connectivity index (χ2v) is 9.58. The zero-order valence-corrected chi connectivity index (χ0v) is 22.3. The topological polar surface area (TPSA) is 98.8 Å². The number of aromatic nitrogens is 2. The highest BCUT2D eigenvalue weighted by molar-refractivity contribution is 7.99. The van der Waals surface area contributed by atoms with Crippen molar-refractivity contribution < 1.29 is 18.7 Å². The molecule has 37 heavy (non-hydrogen) atoms. The monoisotopic (exact) mass is 558 g/mol. The Morgan fingerprint density at radius 2 is 1.89 bits per heavy atom. The van der Waals surface area contributed by atoms with Crippen LogP contribution in [0, 0.1) is 0 Å². The van der Waals surface area contributed by atoms with Crippen LogP contribution in [0.25, 0.3) is 10.8 Å². The van der Waals surface area contributed by atoms with Crippen LogP contribution in [0.4, 0.5) is 0 Å². The standard InChI is InChI=1S/C26H24Cl2N4O4S/c1-2-3-12-34-22-10-8-17(19-6-4-5-7-20(19)22)14-29-30-24(33)16-37-26-32-31-25(36-26)15-35-23-11-9-18(27)13-21(23)28/h4-11,13-14H,2-3,12,15-16H2,1H3,(H,30,33)/b29-14-. The summed E-state index contributed by atoms with van der Waals surface area (Å²) < 4.78 is 17.0. The highest BCUT2D eigenvalue weighted by atomic mass is 35.5. The summed E-state index contributed by atoms with van der Waals surface area (Å²) in [6, 6.07) is 16.7. The lowest BCUT2D eigenvalue weighted by atomic mass is 10.0. The molecule has 11 heteroatoms. The summed E-state index contributed by atoms with van der Waals surface area (Å²) in [5.74, 6) is 1.27. The third-order valence-corrected chi connectivity index (χ3v) is 6.44. The number of thioether (sulfide) groups is 1. The number of rotatable bonds is 12. The van der Waals surface area contributed by atoms with Crippen LogP contribution in [0.1, 0.15) is 31.2 Å². The molecule has 192 valence electrons. The van der Waals surface area contributed by atoms with Crippen molar-refractivity contribution >= 4 is 57.9 Å². The average molecular weight is 559 g/mol. The van der Waals surface area contributed by atoms with Gasteiger partial charge in [0.25, 0.3) is 17.0 Å². The molecule has 0 saturated carbocycles. The van der Waals surface area contributed by atoms with Gasteiger partial charge in [0.15, 0.2) is 6.61 Å². The highest BCUT2D eigenvalue weighted by Crippen LogP contribution is 2.29. The molecule has 0 aliphatic rings. The molecule has 0 saturated heterocycles. The molecule has 0 spiro atoms. The molecule has 0 aliphatic heterocycles. The minimum absolute atomic E-state index is 0.0296. The van der Waals surface area contributed by atoms with Gasteiger partial charge in [-0.05, 0) is 42.1 Å². The van der Waals surface area contributed by atoms with Crippen LogP contribution in [0.15, 0.2) is 69.3 Å². The molecule has 0 bridgehead atoms. The van der Waals surface area contributed by atoms with Crippen molar-refractivity contribution in [3.8, 4) is 11.5 Å². The molecule has 0 fully saturated rings. The zero-order chi connectivity index (χ0) is 26.0. The van der Waals surface area contributed by atoms with E-state index in [9.17, 15) is 4.79 Å². The number of carbonyl (C=O) groups is 1. The summed E-state index contributed by atoms with van der Waals surface area (Å²) in [7, 11) is 0.